The molecule has 1 saturated heterocycles. The molecule has 0 aromatic heterocycles. The summed E-state index contributed by atoms with van der Waals surface area (Å²) in [4.78, 5) is 64.8. The van der Waals surface area contributed by atoms with Crippen LogP contribution in [0.5, 0.6) is 0 Å². The second kappa shape index (κ2) is 23.2. The zero-order valence-corrected chi connectivity index (χ0v) is 27.1. The molecule has 1 aliphatic heterocycles. The molecule has 42 heavy (non-hydrogen) atoms. The minimum atomic E-state index is -1.11. The summed E-state index contributed by atoms with van der Waals surface area (Å²) in [6, 6.07) is -3.58. The molecule has 1 heterocycles. The van der Waals surface area contributed by atoms with Gasteiger partial charge in [-0.05, 0) is 37.5 Å². The SMILES string of the molecule is C#CCCC(NC(=O)C1CCCN1C(=O)C(NC(N)=O)C1(C)CCCCC1)C(=O)C(=O)NCC=C.CC.CC.CCC. The molecule has 0 spiro atoms. The third kappa shape index (κ3) is 13.5. The van der Waals surface area contributed by atoms with Gasteiger partial charge in [0, 0.05) is 19.5 Å². The van der Waals surface area contributed by atoms with Gasteiger partial charge in [-0.2, -0.15) is 0 Å². The Morgan fingerprint density at radius 2 is 1.62 bits per heavy atom. The number of urea groups is 1. The number of likely N-dealkylation sites (tertiary alicyclic amines) is 1. The second-order valence-electron chi connectivity index (χ2n) is 10.2. The number of terminal acetylenes is 1. The van der Waals surface area contributed by atoms with Crippen molar-refractivity contribution in [1.29, 1.82) is 0 Å². The van der Waals surface area contributed by atoms with E-state index in [1.165, 1.54) is 17.4 Å². The standard InChI is InChI=1S/C25H37N5O5.C3H8.2C2H6/c1-4-6-11-17(19(31)22(33)27-15-5-2)28-21(32)18-12-10-16-30(18)23(34)20(29-24(26)35)25(3)13-8-7-9-14-25;1-3-2;2*1-2/h1,5,17-18,20H,2,6-16H2,3H3,(H,27,33)(H,28,32)(H3,26,29,35);3H2,1-2H3;2*1-2H3. The highest BCUT2D eigenvalue weighted by molar-refractivity contribution is 6.38. The smallest absolute Gasteiger partial charge is 0.312 e. The lowest BCUT2D eigenvalue weighted by Gasteiger charge is -2.42. The van der Waals surface area contributed by atoms with E-state index in [9.17, 15) is 24.0 Å². The van der Waals surface area contributed by atoms with Gasteiger partial charge in [-0.1, -0.05) is 80.2 Å². The maximum Gasteiger partial charge on any atom is 0.312 e. The summed E-state index contributed by atoms with van der Waals surface area (Å²) in [5.74, 6) is -0.138. The zero-order chi connectivity index (χ0) is 32.7. The molecule has 5 amide bonds. The lowest BCUT2D eigenvalue weighted by Crippen LogP contribution is -2.60. The monoisotopic (exact) mass is 591 g/mol. The minimum absolute atomic E-state index is 0.0905. The predicted molar refractivity (Wildman–Crippen MR) is 169 cm³/mol. The summed E-state index contributed by atoms with van der Waals surface area (Å²) in [5.41, 5.74) is 4.93. The number of primary amides is 1. The van der Waals surface area contributed by atoms with E-state index in [0.29, 0.717) is 19.4 Å². The molecule has 2 aliphatic rings. The van der Waals surface area contributed by atoms with Crippen LogP contribution in [0, 0.1) is 17.8 Å². The van der Waals surface area contributed by atoms with Gasteiger partial charge in [0.15, 0.2) is 0 Å². The Labute approximate surface area is 254 Å². The van der Waals surface area contributed by atoms with Crippen LogP contribution in [-0.4, -0.2) is 65.7 Å². The maximum absolute atomic E-state index is 13.6. The van der Waals surface area contributed by atoms with Gasteiger partial charge in [0.1, 0.15) is 12.1 Å². The third-order valence-corrected chi connectivity index (χ3v) is 6.91. The molecule has 3 atom stereocenters. The van der Waals surface area contributed by atoms with Crippen LogP contribution < -0.4 is 21.7 Å². The average molecular weight is 592 g/mol. The van der Waals surface area contributed by atoms with Crippen molar-refractivity contribution in [3.8, 4) is 12.3 Å². The number of ketones is 1. The molecule has 10 nitrogen and oxygen atoms in total. The summed E-state index contributed by atoms with van der Waals surface area (Å²) in [6.45, 7) is 18.2. The Morgan fingerprint density at radius 1 is 1.05 bits per heavy atom. The van der Waals surface area contributed by atoms with Gasteiger partial charge < -0.3 is 26.6 Å². The van der Waals surface area contributed by atoms with Gasteiger partial charge in [-0.15, -0.1) is 18.9 Å². The molecule has 240 valence electrons. The van der Waals surface area contributed by atoms with Gasteiger partial charge in [0.2, 0.25) is 17.6 Å². The van der Waals surface area contributed by atoms with Crippen LogP contribution in [0.15, 0.2) is 12.7 Å². The van der Waals surface area contributed by atoms with Crippen molar-refractivity contribution in [2.75, 3.05) is 13.1 Å². The summed E-state index contributed by atoms with van der Waals surface area (Å²) < 4.78 is 0. The molecule has 0 aromatic rings. The van der Waals surface area contributed by atoms with Gasteiger partial charge >= 0.3 is 6.03 Å². The van der Waals surface area contributed by atoms with E-state index < -0.39 is 47.2 Å². The number of amides is 5. The van der Waals surface area contributed by atoms with Crippen molar-refractivity contribution in [2.45, 2.75) is 131 Å². The Morgan fingerprint density at radius 3 is 2.12 bits per heavy atom. The second-order valence-corrected chi connectivity index (χ2v) is 10.2. The van der Waals surface area contributed by atoms with Crippen molar-refractivity contribution in [3.63, 3.8) is 0 Å². The van der Waals surface area contributed by atoms with Crippen LogP contribution >= 0.6 is 0 Å². The van der Waals surface area contributed by atoms with Gasteiger partial charge in [0.25, 0.3) is 5.91 Å². The molecule has 1 aliphatic carbocycles. The predicted octanol–water partition coefficient (Wildman–Crippen LogP) is 4.22. The van der Waals surface area contributed by atoms with Crippen LogP contribution in [0.3, 0.4) is 0 Å². The Hall–Kier alpha value is -3.35. The van der Waals surface area contributed by atoms with Gasteiger partial charge in [-0.25, -0.2) is 4.79 Å². The van der Waals surface area contributed by atoms with Crippen LogP contribution in [0.4, 0.5) is 4.79 Å². The average Bonchev–Trinajstić information content (AvgIpc) is 3.49. The van der Waals surface area contributed by atoms with Gasteiger partial charge in [-0.3, -0.25) is 19.2 Å². The van der Waals surface area contributed by atoms with E-state index in [0.717, 1.165) is 32.1 Å². The Bertz CT molecular complexity index is 892. The number of carbonyl (C=O) groups excluding carboxylic acids is 5. The first-order valence-electron chi connectivity index (χ1n) is 15.6. The first kappa shape index (κ1) is 40.8. The van der Waals surface area contributed by atoms with E-state index in [1.807, 2.05) is 34.6 Å². The molecule has 0 bridgehead atoms. The van der Waals surface area contributed by atoms with Crippen molar-refractivity contribution in [1.82, 2.24) is 20.9 Å². The number of Topliss-reactive ketones (excluding diaryl/α,β-unsaturated/α-hetero) is 1. The zero-order valence-electron chi connectivity index (χ0n) is 27.1. The lowest BCUT2D eigenvalue weighted by atomic mass is 9.70. The largest absolute Gasteiger partial charge is 0.352 e. The molecule has 10 heteroatoms. The summed E-state index contributed by atoms with van der Waals surface area (Å²) >= 11 is 0. The molecule has 0 aromatic carbocycles. The number of hydrogen-bond donors (Lipinski definition) is 4. The lowest BCUT2D eigenvalue weighted by molar-refractivity contribution is -0.144. The number of nitrogens with two attached hydrogens (primary N) is 1. The highest BCUT2D eigenvalue weighted by Crippen LogP contribution is 2.40. The Kier molecular flexibility index (Phi) is 22.6. The van der Waals surface area contributed by atoms with E-state index >= 15 is 0 Å². The number of hydrogen-bond acceptors (Lipinski definition) is 5. The summed E-state index contributed by atoms with van der Waals surface area (Å²) in [7, 11) is 0. The van der Waals surface area contributed by atoms with E-state index in [1.54, 1.807) is 0 Å². The molecule has 3 unspecified atom stereocenters. The van der Waals surface area contributed by atoms with Crippen LogP contribution in [0.25, 0.3) is 0 Å². The number of nitrogens with one attached hydrogen (secondary N) is 3. The van der Waals surface area contributed by atoms with E-state index in [-0.39, 0.29) is 25.3 Å². The molecule has 2 fully saturated rings. The van der Waals surface area contributed by atoms with Crippen LogP contribution in [0.2, 0.25) is 0 Å². The van der Waals surface area contributed by atoms with Crippen molar-refractivity contribution >= 4 is 29.5 Å². The highest BCUT2D eigenvalue weighted by Gasteiger charge is 2.46. The van der Waals surface area contributed by atoms with Crippen molar-refractivity contribution in [3.05, 3.63) is 12.7 Å². The fourth-order valence-corrected chi connectivity index (χ4v) is 4.97. The van der Waals surface area contributed by atoms with Crippen LogP contribution in [-0.2, 0) is 19.2 Å². The maximum atomic E-state index is 13.6. The molecule has 0 radical (unpaired) electrons. The van der Waals surface area contributed by atoms with Crippen molar-refractivity contribution in [2.24, 2.45) is 11.1 Å². The first-order chi connectivity index (χ1) is 20.1. The normalized spacial score (nSPS) is 17.9. The molecule has 2 rings (SSSR count). The van der Waals surface area contributed by atoms with Gasteiger partial charge in [0.05, 0.1) is 6.04 Å². The molecular formula is C32H57N5O5. The topological polar surface area (TPSA) is 151 Å². The summed E-state index contributed by atoms with van der Waals surface area (Å²) in [6.07, 6.45) is 13.7. The summed E-state index contributed by atoms with van der Waals surface area (Å²) in [5, 5.41) is 7.66. The fraction of sp³-hybridized carbons (Fsp3) is 0.719. The van der Waals surface area contributed by atoms with Crippen LogP contribution in [0.1, 0.15) is 113 Å². The molecule has 5 N–H and O–H groups in total. The quantitative estimate of drug-likeness (QED) is 0.161. The fourth-order valence-electron chi connectivity index (χ4n) is 4.97. The minimum Gasteiger partial charge on any atom is -0.352 e. The first-order valence-corrected chi connectivity index (χ1v) is 15.6. The number of carbonyl (C=O) groups is 5. The van der Waals surface area contributed by atoms with E-state index in [4.69, 9.17) is 12.2 Å². The molecule has 1 saturated carbocycles. The van der Waals surface area contributed by atoms with E-state index in [2.05, 4.69) is 42.3 Å². The molecular weight excluding hydrogens is 534 g/mol. The number of rotatable bonds is 11. The highest BCUT2D eigenvalue weighted by atomic mass is 16.2. The van der Waals surface area contributed by atoms with Crippen molar-refractivity contribution < 1.29 is 24.0 Å². The third-order valence-electron chi connectivity index (χ3n) is 6.91. The Balaban J connectivity index is 0. The number of nitrogens with zero attached hydrogens (tertiary/aromatic N) is 1.